The van der Waals surface area contributed by atoms with E-state index in [-0.39, 0.29) is 0 Å². The lowest BCUT2D eigenvalue weighted by atomic mass is 10.2. The molecule has 0 saturated heterocycles. The van der Waals surface area contributed by atoms with Crippen molar-refractivity contribution >= 4 is 11.4 Å². The summed E-state index contributed by atoms with van der Waals surface area (Å²) in [5.74, 6) is 0.711. The second-order valence-corrected chi connectivity index (χ2v) is 4.04. The van der Waals surface area contributed by atoms with E-state index >= 15 is 0 Å². The molecule has 0 aliphatic carbocycles. The van der Waals surface area contributed by atoms with E-state index < -0.39 is 0 Å². The molecule has 1 atom stereocenters. The van der Waals surface area contributed by atoms with Crippen molar-refractivity contribution in [3.63, 3.8) is 0 Å². The summed E-state index contributed by atoms with van der Waals surface area (Å²) >= 11 is 0. The van der Waals surface area contributed by atoms with E-state index in [4.69, 9.17) is 0 Å². The molecule has 2 nitrogen and oxygen atoms in total. The van der Waals surface area contributed by atoms with Crippen LogP contribution in [0.25, 0.3) is 0 Å². The van der Waals surface area contributed by atoms with E-state index in [2.05, 4.69) is 48.3 Å². The maximum absolute atomic E-state index is 3.50. The first-order valence-electron chi connectivity index (χ1n) is 5.39. The van der Waals surface area contributed by atoms with Crippen LogP contribution in [0.1, 0.15) is 13.8 Å². The van der Waals surface area contributed by atoms with Gasteiger partial charge in [0, 0.05) is 19.6 Å². The lowest BCUT2D eigenvalue weighted by Crippen LogP contribution is -2.27. The number of para-hydroxylation sites is 2. The fourth-order valence-electron chi connectivity index (χ4n) is 2.02. The van der Waals surface area contributed by atoms with E-state index in [0.29, 0.717) is 5.92 Å². The van der Waals surface area contributed by atoms with Gasteiger partial charge in [-0.1, -0.05) is 19.1 Å². The van der Waals surface area contributed by atoms with Crippen LogP contribution in [0.3, 0.4) is 0 Å². The highest BCUT2D eigenvalue weighted by Crippen LogP contribution is 2.28. The first-order chi connectivity index (χ1) is 6.81. The number of anilines is 2. The predicted octanol–water partition coefficient (Wildman–Crippen LogP) is 2.57. The smallest absolute Gasteiger partial charge is 0.0602 e. The van der Waals surface area contributed by atoms with Crippen molar-refractivity contribution in [1.82, 2.24) is 0 Å². The molecular weight excluding hydrogens is 172 g/mol. The normalized spacial score (nSPS) is 21.0. The van der Waals surface area contributed by atoms with Gasteiger partial charge in [-0.3, -0.25) is 0 Å². The zero-order chi connectivity index (χ0) is 9.97. The minimum absolute atomic E-state index is 0.711. The molecular formula is C12H18N2. The second kappa shape index (κ2) is 3.91. The van der Waals surface area contributed by atoms with Crippen molar-refractivity contribution in [2.24, 2.45) is 5.92 Å². The monoisotopic (exact) mass is 190 g/mol. The lowest BCUT2D eigenvalue weighted by molar-refractivity contribution is 0.602. The quantitative estimate of drug-likeness (QED) is 0.732. The zero-order valence-corrected chi connectivity index (χ0v) is 8.96. The number of nitrogens with zero attached hydrogens (tertiary/aromatic N) is 1. The Morgan fingerprint density at radius 1 is 1.43 bits per heavy atom. The van der Waals surface area contributed by atoms with Crippen LogP contribution in [0, 0.1) is 5.92 Å². The largest absolute Gasteiger partial charge is 0.383 e. The molecule has 0 amide bonds. The summed E-state index contributed by atoms with van der Waals surface area (Å²) < 4.78 is 0. The average Bonchev–Trinajstić information content (AvgIpc) is 2.38. The minimum atomic E-state index is 0.711. The summed E-state index contributed by atoms with van der Waals surface area (Å²) in [5, 5.41) is 3.50. The molecule has 0 aromatic heterocycles. The molecule has 0 saturated carbocycles. The van der Waals surface area contributed by atoms with Crippen LogP contribution < -0.4 is 10.2 Å². The molecule has 1 N–H and O–H groups in total. The number of hydrogen-bond donors (Lipinski definition) is 1. The fraction of sp³-hybridized carbons (Fsp3) is 0.500. The minimum Gasteiger partial charge on any atom is -0.383 e. The molecule has 0 bridgehead atoms. The maximum Gasteiger partial charge on any atom is 0.0602 e. The van der Waals surface area contributed by atoms with Gasteiger partial charge >= 0.3 is 0 Å². The summed E-state index contributed by atoms with van der Waals surface area (Å²) in [6, 6.07) is 8.56. The van der Waals surface area contributed by atoms with Gasteiger partial charge in [0.25, 0.3) is 0 Å². The molecule has 1 aliphatic heterocycles. The van der Waals surface area contributed by atoms with E-state index in [1.165, 1.54) is 11.4 Å². The Labute approximate surface area is 85.9 Å². The summed E-state index contributed by atoms with van der Waals surface area (Å²) in [5.41, 5.74) is 2.62. The number of nitrogens with one attached hydrogen (secondary N) is 1. The molecule has 14 heavy (non-hydrogen) atoms. The molecule has 1 unspecified atom stereocenters. The predicted molar refractivity (Wildman–Crippen MR) is 62.0 cm³/mol. The van der Waals surface area contributed by atoms with Crippen LogP contribution in [0.5, 0.6) is 0 Å². The van der Waals surface area contributed by atoms with Gasteiger partial charge in [0.1, 0.15) is 0 Å². The van der Waals surface area contributed by atoms with Crippen LogP contribution in [-0.4, -0.2) is 19.6 Å². The number of rotatable bonds is 1. The highest BCUT2D eigenvalue weighted by molar-refractivity contribution is 5.70. The summed E-state index contributed by atoms with van der Waals surface area (Å²) in [7, 11) is 0. The van der Waals surface area contributed by atoms with Gasteiger partial charge < -0.3 is 10.2 Å². The van der Waals surface area contributed by atoms with Gasteiger partial charge in [0.05, 0.1) is 11.4 Å². The van der Waals surface area contributed by atoms with Gasteiger partial charge in [0.15, 0.2) is 0 Å². The van der Waals surface area contributed by atoms with Gasteiger partial charge in [-0.2, -0.15) is 0 Å². The van der Waals surface area contributed by atoms with Crippen molar-refractivity contribution in [3.05, 3.63) is 24.3 Å². The summed E-state index contributed by atoms with van der Waals surface area (Å²) in [6.45, 7) is 7.83. The maximum atomic E-state index is 3.50. The third kappa shape index (κ3) is 1.69. The Hall–Kier alpha value is -1.18. The highest BCUT2D eigenvalue weighted by atomic mass is 15.2. The average molecular weight is 190 g/mol. The molecule has 76 valence electrons. The standard InChI is InChI=1S/C12H18N2/c1-3-14-9-10(2)8-13-11-6-4-5-7-12(11)14/h4-7,10,13H,3,8-9H2,1-2H3. The van der Waals surface area contributed by atoms with Gasteiger partial charge in [-0.15, -0.1) is 0 Å². The van der Waals surface area contributed by atoms with Crippen molar-refractivity contribution < 1.29 is 0 Å². The third-order valence-electron chi connectivity index (χ3n) is 2.80. The molecule has 1 aromatic carbocycles. The fourth-order valence-corrected chi connectivity index (χ4v) is 2.02. The molecule has 0 radical (unpaired) electrons. The summed E-state index contributed by atoms with van der Waals surface area (Å²) in [6.07, 6.45) is 0. The zero-order valence-electron chi connectivity index (χ0n) is 8.96. The molecule has 1 aromatic rings. The number of hydrogen-bond acceptors (Lipinski definition) is 2. The van der Waals surface area contributed by atoms with Crippen LogP contribution in [-0.2, 0) is 0 Å². The van der Waals surface area contributed by atoms with E-state index in [1.54, 1.807) is 0 Å². The van der Waals surface area contributed by atoms with E-state index in [1.807, 2.05) is 0 Å². The van der Waals surface area contributed by atoms with Crippen LogP contribution in [0.4, 0.5) is 11.4 Å². The molecule has 1 heterocycles. The van der Waals surface area contributed by atoms with Crippen molar-refractivity contribution in [2.75, 3.05) is 29.9 Å². The van der Waals surface area contributed by atoms with Crippen molar-refractivity contribution in [3.8, 4) is 0 Å². The second-order valence-electron chi connectivity index (χ2n) is 4.04. The van der Waals surface area contributed by atoms with Crippen molar-refractivity contribution in [2.45, 2.75) is 13.8 Å². The van der Waals surface area contributed by atoms with Crippen molar-refractivity contribution in [1.29, 1.82) is 0 Å². The molecule has 2 heteroatoms. The van der Waals surface area contributed by atoms with Gasteiger partial charge in [-0.05, 0) is 25.0 Å². The van der Waals surface area contributed by atoms with Crippen LogP contribution in [0.2, 0.25) is 0 Å². The Bertz CT molecular complexity index is 309. The Kier molecular flexibility index (Phi) is 2.62. The van der Waals surface area contributed by atoms with E-state index in [0.717, 1.165) is 19.6 Å². The Balaban J connectivity index is 2.34. The molecule has 0 fully saturated rings. The molecule has 1 aliphatic rings. The van der Waals surface area contributed by atoms with E-state index in [9.17, 15) is 0 Å². The Morgan fingerprint density at radius 2 is 2.21 bits per heavy atom. The van der Waals surface area contributed by atoms with Crippen LogP contribution in [0.15, 0.2) is 24.3 Å². The van der Waals surface area contributed by atoms with Gasteiger partial charge in [0.2, 0.25) is 0 Å². The van der Waals surface area contributed by atoms with Crippen LogP contribution >= 0.6 is 0 Å². The Morgan fingerprint density at radius 3 is 3.00 bits per heavy atom. The first kappa shape index (κ1) is 9.38. The number of benzene rings is 1. The molecule has 0 spiro atoms. The first-order valence-corrected chi connectivity index (χ1v) is 5.39. The topological polar surface area (TPSA) is 15.3 Å². The highest BCUT2D eigenvalue weighted by Gasteiger charge is 2.16. The SMILES string of the molecule is CCN1CC(C)CNc2ccccc21. The molecule has 2 rings (SSSR count). The third-order valence-corrected chi connectivity index (χ3v) is 2.80. The number of fused-ring (bicyclic) bond motifs is 1. The summed E-state index contributed by atoms with van der Waals surface area (Å²) in [4.78, 5) is 2.44. The lowest BCUT2D eigenvalue weighted by Gasteiger charge is -2.24. The van der Waals surface area contributed by atoms with Gasteiger partial charge in [-0.25, -0.2) is 0 Å².